The maximum atomic E-state index is 11.5. The summed E-state index contributed by atoms with van der Waals surface area (Å²) in [6.45, 7) is 0.905. The Morgan fingerprint density at radius 1 is 1.31 bits per heavy atom. The number of rotatable bonds is 5. The van der Waals surface area contributed by atoms with Gasteiger partial charge in [-0.2, -0.15) is 0 Å². The van der Waals surface area contributed by atoms with Crippen molar-refractivity contribution in [1.29, 1.82) is 0 Å². The average molecular weight is 243 g/mol. The van der Waals surface area contributed by atoms with E-state index in [2.05, 4.69) is 10.1 Å². The number of nitrogens with one attached hydrogen (secondary N) is 1. The smallest absolute Gasteiger partial charge is 0.348 e. The zero-order chi connectivity index (χ0) is 12.0. The number of ether oxygens (including phenoxy) is 2. The van der Waals surface area contributed by atoms with Gasteiger partial charge in [-0.25, -0.2) is 4.79 Å². The molecule has 0 radical (unpaired) electrons. The Morgan fingerprint density at radius 2 is 2.00 bits per heavy atom. The lowest BCUT2D eigenvalue weighted by Gasteiger charge is -2.01. The molecule has 0 unspecified atom stereocenters. The van der Waals surface area contributed by atoms with Crippen molar-refractivity contribution in [2.24, 2.45) is 0 Å². The molecule has 0 saturated carbocycles. The number of carbonyl (C=O) groups excluding carboxylic acids is 2. The molecule has 5 nitrogen and oxygen atoms in total. The highest BCUT2D eigenvalue weighted by Gasteiger charge is 2.13. The third-order valence-electron chi connectivity index (χ3n) is 1.81. The first-order chi connectivity index (χ1) is 7.69. The predicted octanol–water partition coefficient (Wildman–Crippen LogP) is 0.911. The highest BCUT2D eigenvalue weighted by molar-refractivity contribution is 7.15. The summed E-state index contributed by atoms with van der Waals surface area (Å²) in [6, 6.07) is 3.17. The summed E-state index contributed by atoms with van der Waals surface area (Å²) in [5, 5.41) is 2.66. The van der Waals surface area contributed by atoms with Crippen LogP contribution in [0.1, 0.15) is 19.3 Å². The highest BCUT2D eigenvalue weighted by atomic mass is 32.1. The van der Waals surface area contributed by atoms with E-state index in [4.69, 9.17) is 4.74 Å². The fourth-order valence-corrected chi connectivity index (χ4v) is 1.86. The molecule has 1 aromatic heterocycles. The number of thiophene rings is 1. The lowest BCUT2D eigenvalue weighted by molar-refractivity contribution is 0.0606. The third kappa shape index (κ3) is 3.32. The van der Waals surface area contributed by atoms with Crippen molar-refractivity contribution in [1.82, 2.24) is 5.32 Å². The van der Waals surface area contributed by atoms with Crippen molar-refractivity contribution >= 4 is 23.2 Å². The summed E-state index contributed by atoms with van der Waals surface area (Å²) in [6.07, 6.45) is 0. The lowest BCUT2D eigenvalue weighted by atomic mass is 10.4. The van der Waals surface area contributed by atoms with Gasteiger partial charge in [0, 0.05) is 13.7 Å². The molecule has 1 aromatic rings. The highest BCUT2D eigenvalue weighted by Crippen LogP contribution is 2.16. The van der Waals surface area contributed by atoms with Crippen molar-refractivity contribution in [2.45, 2.75) is 0 Å². The number of methoxy groups -OCH3 is 2. The Hall–Kier alpha value is -1.40. The Labute approximate surface area is 97.4 Å². The average Bonchev–Trinajstić information content (AvgIpc) is 2.77. The second-order valence-corrected chi connectivity index (χ2v) is 3.99. The monoisotopic (exact) mass is 243 g/mol. The normalized spacial score (nSPS) is 9.88. The van der Waals surface area contributed by atoms with E-state index >= 15 is 0 Å². The van der Waals surface area contributed by atoms with Crippen LogP contribution >= 0.6 is 11.3 Å². The van der Waals surface area contributed by atoms with Crippen LogP contribution < -0.4 is 5.32 Å². The largest absolute Gasteiger partial charge is 0.465 e. The molecular weight excluding hydrogens is 230 g/mol. The second-order valence-electron chi connectivity index (χ2n) is 2.90. The van der Waals surface area contributed by atoms with Crippen LogP contribution in [-0.4, -0.2) is 39.2 Å². The van der Waals surface area contributed by atoms with Crippen LogP contribution in [0.2, 0.25) is 0 Å². The SMILES string of the molecule is COCCNC(=O)c1ccc(C(=O)OC)s1. The molecule has 0 saturated heterocycles. The summed E-state index contributed by atoms with van der Waals surface area (Å²) in [5.41, 5.74) is 0. The first kappa shape index (κ1) is 12.7. The molecule has 6 heteroatoms. The van der Waals surface area contributed by atoms with Gasteiger partial charge in [0.05, 0.1) is 18.6 Å². The van der Waals surface area contributed by atoms with Gasteiger partial charge in [-0.1, -0.05) is 0 Å². The van der Waals surface area contributed by atoms with E-state index < -0.39 is 5.97 Å². The summed E-state index contributed by atoms with van der Waals surface area (Å²) in [4.78, 5) is 23.6. The predicted molar refractivity (Wildman–Crippen MR) is 59.9 cm³/mol. The van der Waals surface area contributed by atoms with Crippen molar-refractivity contribution in [3.8, 4) is 0 Å². The molecular formula is C10H13NO4S. The van der Waals surface area contributed by atoms with Gasteiger partial charge in [-0.15, -0.1) is 11.3 Å². The van der Waals surface area contributed by atoms with Crippen molar-refractivity contribution in [3.05, 3.63) is 21.9 Å². The van der Waals surface area contributed by atoms with Crippen molar-refractivity contribution in [3.63, 3.8) is 0 Å². The van der Waals surface area contributed by atoms with E-state index in [0.29, 0.717) is 22.9 Å². The van der Waals surface area contributed by atoms with Crippen LogP contribution in [0.4, 0.5) is 0 Å². The van der Waals surface area contributed by atoms with Crippen LogP contribution in [0.25, 0.3) is 0 Å². The standard InChI is InChI=1S/C10H13NO4S/c1-14-6-5-11-9(12)7-3-4-8(16-7)10(13)15-2/h3-4H,5-6H2,1-2H3,(H,11,12). The van der Waals surface area contributed by atoms with Gasteiger partial charge < -0.3 is 14.8 Å². The number of esters is 1. The molecule has 0 aliphatic carbocycles. The minimum absolute atomic E-state index is 0.211. The van der Waals surface area contributed by atoms with Gasteiger partial charge in [0.15, 0.2) is 0 Å². The van der Waals surface area contributed by atoms with Crippen LogP contribution in [0.5, 0.6) is 0 Å². The molecule has 0 atom stereocenters. The van der Waals surface area contributed by atoms with E-state index in [-0.39, 0.29) is 5.91 Å². The molecule has 0 bridgehead atoms. The van der Waals surface area contributed by atoms with E-state index in [1.165, 1.54) is 7.11 Å². The second kappa shape index (κ2) is 6.24. The van der Waals surface area contributed by atoms with Gasteiger partial charge in [-0.05, 0) is 12.1 Å². The maximum Gasteiger partial charge on any atom is 0.348 e. The quantitative estimate of drug-likeness (QED) is 0.616. The zero-order valence-corrected chi connectivity index (χ0v) is 9.93. The summed E-state index contributed by atoms with van der Waals surface area (Å²) >= 11 is 1.10. The van der Waals surface area contributed by atoms with Gasteiger partial charge in [0.1, 0.15) is 4.88 Å². The minimum atomic E-state index is -0.430. The van der Waals surface area contributed by atoms with Crippen LogP contribution in [-0.2, 0) is 9.47 Å². The zero-order valence-electron chi connectivity index (χ0n) is 9.11. The van der Waals surface area contributed by atoms with Crippen molar-refractivity contribution < 1.29 is 19.1 Å². The molecule has 0 aliphatic heterocycles. The maximum absolute atomic E-state index is 11.5. The van der Waals surface area contributed by atoms with E-state index in [1.807, 2.05) is 0 Å². The molecule has 1 rings (SSSR count). The molecule has 1 amide bonds. The van der Waals surface area contributed by atoms with Gasteiger partial charge in [-0.3, -0.25) is 4.79 Å². The first-order valence-corrected chi connectivity index (χ1v) is 5.46. The Kier molecular flexibility index (Phi) is 4.94. The molecule has 1 heterocycles. The summed E-state index contributed by atoms with van der Waals surface area (Å²) < 4.78 is 9.35. The molecule has 0 fully saturated rings. The van der Waals surface area contributed by atoms with Crippen LogP contribution in [0.3, 0.4) is 0 Å². The topological polar surface area (TPSA) is 64.6 Å². The molecule has 0 aliphatic rings. The number of carbonyl (C=O) groups is 2. The van der Waals surface area contributed by atoms with E-state index in [9.17, 15) is 9.59 Å². The van der Waals surface area contributed by atoms with E-state index in [0.717, 1.165) is 11.3 Å². The third-order valence-corrected chi connectivity index (χ3v) is 2.87. The molecule has 16 heavy (non-hydrogen) atoms. The fourth-order valence-electron chi connectivity index (χ4n) is 1.02. The number of amides is 1. The minimum Gasteiger partial charge on any atom is -0.465 e. The van der Waals surface area contributed by atoms with Crippen molar-refractivity contribution in [2.75, 3.05) is 27.4 Å². The van der Waals surface area contributed by atoms with Crippen LogP contribution in [0.15, 0.2) is 12.1 Å². The van der Waals surface area contributed by atoms with Gasteiger partial charge >= 0.3 is 5.97 Å². The number of hydrogen-bond acceptors (Lipinski definition) is 5. The Bertz CT molecular complexity index is 375. The lowest BCUT2D eigenvalue weighted by Crippen LogP contribution is -2.26. The molecule has 88 valence electrons. The fraction of sp³-hybridized carbons (Fsp3) is 0.400. The van der Waals surface area contributed by atoms with E-state index in [1.54, 1.807) is 19.2 Å². The van der Waals surface area contributed by atoms with Gasteiger partial charge in [0.2, 0.25) is 0 Å². The Morgan fingerprint density at radius 3 is 2.62 bits per heavy atom. The van der Waals surface area contributed by atoms with Gasteiger partial charge in [0.25, 0.3) is 5.91 Å². The molecule has 0 spiro atoms. The first-order valence-electron chi connectivity index (χ1n) is 4.64. The summed E-state index contributed by atoms with van der Waals surface area (Å²) in [5.74, 6) is -0.641. The van der Waals surface area contributed by atoms with Crippen LogP contribution in [0, 0.1) is 0 Å². The molecule has 0 aromatic carbocycles. The Balaban J connectivity index is 2.56. The number of hydrogen-bond donors (Lipinski definition) is 1. The summed E-state index contributed by atoms with van der Waals surface area (Å²) in [7, 11) is 2.87. The molecule has 1 N–H and O–H groups in total.